The molecule has 3 nitrogen and oxygen atoms in total. The molecule has 0 saturated carbocycles. The molecule has 2 aromatic rings. The van der Waals surface area contributed by atoms with E-state index in [0.29, 0.717) is 16.6 Å². The number of hydrogen-bond acceptors (Lipinski definition) is 2. The lowest BCUT2D eigenvalue weighted by atomic mass is 10.0. The van der Waals surface area contributed by atoms with Crippen molar-refractivity contribution >= 4 is 23.2 Å². The summed E-state index contributed by atoms with van der Waals surface area (Å²) in [5.41, 5.74) is 3.75. The standard InChI is InChI=1S/C20H24ClNO2/c1-12(2)16-10-9-13(3)11-19(16)24-15(5)20(23)22-18-8-6-7-17(21)14(18)4/h6-12,15H,1-5H3,(H,22,23). The lowest BCUT2D eigenvalue weighted by Gasteiger charge is -2.20. The monoisotopic (exact) mass is 345 g/mol. The van der Waals surface area contributed by atoms with Crippen LogP contribution in [-0.2, 0) is 4.79 Å². The van der Waals surface area contributed by atoms with Crippen molar-refractivity contribution in [1.82, 2.24) is 0 Å². The highest BCUT2D eigenvalue weighted by molar-refractivity contribution is 6.31. The molecule has 0 spiro atoms. The van der Waals surface area contributed by atoms with Crippen molar-refractivity contribution in [1.29, 1.82) is 0 Å². The van der Waals surface area contributed by atoms with Crippen molar-refractivity contribution in [2.24, 2.45) is 0 Å². The van der Waals surface area contributed by atoms with Crippen LogP contribution in [-0.4, -0.2) is 12.0 Å². The first kappa shape index (κ1) is 18.3. The van der Waals surface area contributed by atoms with Gasteiger partial charge < -0.3 is 10.1 Å². The smallest absolute Gasteiger partial charge is 0.265 e. The summed E-state index contributed by atoms with van der Waals surface area (Å²) in [6.07, 6.45) is -0.609. The summed E-state index contributed by atoms with van der Waals surface area (Å²) in [4.78, 5) is 12.5. The van der Waals surface area contributed by atoms with Gasteiger partial charge in [-0.2, -0.15) is 0 Å². The molecule has 0 saturated heterocycles. The Kier molecular flexibility index (Phi) is 5.89. The molecule has 0 heterocycles. The molecule has 2 aromatic carbocycles. The third-order valence-electron chi connectivity index (χ3n) is 3.99. The van der Waals surface area contributed by atoms with Crippen LogP contribution >= 0.6 is 11.6 Å². The maximum atomic E-state index is 12.5. The molecule has 1 amide bonds. The number of ether oxygens (including phenoxy) is 1. The Labute approximate surface area is 149 Å². The minimum absolute atomic E-state index is 0.198. The molecule has 4 heteroatoms. The largest absolute Gasteiger partial charge is 0.481 e. The summed E-state index contributed by atoms with van der Waals surface area (Å²) in [7, 11) is 0. The SMILES string of the molecule is Cc1ccc(C(C)C)c(OC(C)C(=O)Nc2cccc(Cl)c2C)c1. The van der Waals surface area contributed by atoms with E-state index in [1.807, 2.05) is 32.0 Å². The Hall–Kier alpha value is -2.00. The van der Waals surface area contributed by atoms with E-state index in [2.05, 4.69) is 31.3 Å². The molecule has 128 valence electrons. The van der Waals surface area contributed by atoms with E-state index in [4.69, 9.17) is 16.3 Å². The highest BCUT2D eigenvalue weighted by Gasteiger charge is 2.18. The van der Waals surface area contributed by atoms with Gasteiger partial charge in [0.15, 0.2) is 6.10 Å². The fraction of sp³-hybridized carbons (Fsp3) is 0.350. The van der Waals surface area contributed by atoms with E-state index in [1.54, 1.807) is 13.0 Å². The molecular formula is C20H24ClNO2. The Balaban J connectivity index is 2.15. The lowest BCUT2D eigenvalue weighted by Crippen LogP contribution is -2.30. The average Bonchev–Trinajstić information content (AvgIpc) is 2.51. The van der Waals surface area contributed by atoms with Crippen molar-refractivity contribution in [2.75, 3.05) is 5.32 Å². The van der Waals surface area contributed by atoms with Crippen molar-refractivity contribution in [2.45, 2.75) is 46.6 Å². The van der Waals surface area contributed by atoms with Crippen LogP contribution in [0.5, 0.6) is 5.75 Å². The number of rotatable bonds is 5. The lowest BCUT2D eigenvalue weighted by molar-refractivity contribution is -0.122. The van der Waals surface area contributed by atoms with E-state index >= 15 is 0 Å². The Bertz CT molecular complexity index is 740. The van der Waals surface area contributed by atoms with Crippen LogP contribution < -0.4 is 10.1 Å². The van der Waals surface area contributed by atoms with Crippen molar-refractivity contribution in [3.63, 3.8) is 0 Å². The van der Waals surface area contributed by atoms with E-state index in [-0.39, 0.29) is 5.91 Å². The number of halogens is 1. The molecule has 0 bridgehead atoms. The van der Waals surface area contributed by atoms with E-state index in [9.17, 15) is 4.79 Å². The first-order valence-electron chi connectivity index (χ1n) is 8.12. The van der Waals surface area contributed by atoms with Crippen LogP contribution in [0, 0.1) is 13.8 Å². The number of amides is 1. The maximum Gasteiger partial charge on any atom is 0.265 e. The van der Waals surface area contributed by atoms with Crippen LogP contribution in [0.2, 0.25) is 5.02 Å². The van der Waals surface area contributed by atoms with Gasteiger partial charge in [0, 0.05) is 10.7 Å². The molecule has 1 N–H and O–H groups in total. The molecule has 24 heavy (non-hydrogen) atoms. The van der Waals surface area contributed by atoms with Crippen LogP contribution in [0.15, 0.2) is 36.4 Å². The van der Waals surface area contributed by atoms with Gasteiger partial charge in [-0.25, -0.2) is 0 Å². The minimum Gasteiger partial charge on any atom is -0.481 e. The minimum atomic E-state index is -0.609. The molecular weight excluding hydrogens is 322 g/mol. The van der Waals surface area contributed by atoms with E-state index < -0.39 is 6.10 Å². The number of carbonyl (C=O) groups is 1. The molecule has 2 rings (SSSR count). The normalized spacial score (nSPS) is 12.1. The number of benzene rings is 2. The zero-order chi connectivity index (χ0) is 17.9. The van der Waals surface area contributed by atoms with Crippen LogP contribution in [0.3, 0.4) is 0 Å². The van der Waals surface area contributed by atoms with Gasteiger partial charge in [0.25, 0.3) is 5.91 Å². The summed E-state index contributed by atoms with van der Waals surface area (Å²) in [5, 5.41) is 3.51. The fourth-order valence-electron chi connectivity index (χ4n) is 2.44. The third kappa shape index (κ3) is 4.30. The van der Waals surface area contributed by atoms with Gasteiger partial charge in [0.2, 0.25) is 0 Å². The van der Waals surface area contributed by atoms with E-state index in [0.717, 1.165) is 22.4 Å². The van der Waals surface area contributed by atoms with Crippen molar-refractivity contribution < 1.29 is 9.53 Å². The molecule has 0 fully saturated rings. The molecule has 0 aromatic heterocycles. The van der Waals surface area contributed by atoms with Crippen LogP contribution in [0.4, 0.5) is 5.69 Å². The van der Waals surface area contributed by atoms with Gasteiger partial charge in [0.1, 0.15) is 5.75 Å². The number of nitrogens with one attached hydrogen (secondary N) is 1. The van der Waals surface area contributed by atoms with E-state index in [1.165, 1.54) is 0 Å². The second-order valence-electron chi connectivity index (χ2n) is 6.36. The first-order valence-corrected chi connectivity index (χ1v) is 8.50. The number of carbonyl (C=O) groups excluding carboxylic acids is 1. The fourth-order valence-corrected chi connectivity index (χ4v) is 2.62. The second kappa shape index (κ2) is 7.71. The summed E-state index contributed by atoms with van der Waals surface area (Å²) >= 11 is 6.10. The summed E-state index contributed by atoms with van der Waals surface area (Å²) in [5.74, 6) is 0.887. The van der Waals surface area contributed by atoms with Gasteiger partial charge in [-0.05, 0) is 61.6 Å². The van der Waals surface area contributed by atoms with Crippen molar-refractivity contribution in [3.8, 4) is 5.75 Å². The highest BCUT2D eigenvalue weighted by atomic mass is 35.5. The molecule has 1 atom stereocenters. The zero-order valence-corrected chi connectivity index (χ0v) is 15.6. The Morgan fingerprint density at radius 2 is 1.83 bits per heavy atom. The summed E-state index contributed by atoms with van der Waals surface area (Å²) in [6.45, 7) is 9.86. The summed E-state index contributed by atoms with van der Waals surface area (Å²) < 4.78 is 5.95. The summed E-state index contributed by atoms with van der Waals surface area (Å²) in [6, 6.07) is 11.5. The molecule has 0 aliphatic heterocycles. The quantitative estimate of drug-likeness (QED) is 0.778. The molecule has 1 unspecified atom stereocenters. The maximum absolute atomic E-state index is 12.5. The van der Waals surface area contributed by atoms with Gasteiger partial charge in [0.05, 0.1) is 0 Å². The topological polar surface area (TPSA) is 38.3 Å². The van der Waals surface area contributed by atoms with Crippen LogP contribution in [0.25, 0.3) is 0 Å². The number of hydrogen-bond donors (Lipinski definition) is 1. The molecule has 0 aliphatic carbocycles. The number of aryl methyl sites for hydroxylation is 1. The van der Waals surface area contributed by atoms with Gasteiger partial charge in [-0.3, -0.25) is 4.79 Å². The van der Waals surface area contributed by atoms with Crippen molar-refractivity contribution in [3.05, 3.63) is 58.1 Å². The average molecular weight is 346 g/mol. The second-order valence-corrected chi connectivity index (χ2v) is 6.76. The molecule has 0 aliphatic rings. The van der Waals surface area contributed by atoms with Gasteiger partial charge in [-0.1, -0.05) is 43.6 Å². The number of anilines is 1. The first-order chi connectivity index (χ1) is 11.3. The predicted molar refractivity (Wildman–Crippen MR) is 100 cm³/mol. The third-order valence-corrected chi connectivity index (χ3v) is 4.40. The van der Waals surface area contributed by atoms with Crippen LogP contribution in [0.1, 0.15) is 43.4 Å². The predicted octanol–water partition coefficient (Wildman–Crippen LogP) is 5.49. The highest BCUT2D eigenvalue weighted by Crippen LogP contribution is 2.29. The Morgan fingerprint density at radius 1 is 1.12 bits per heavy atom. The molecule has 0 radical (unpaired) electrons. The van der Waals surface area contributed by atoms with Gasteiger partial charge in [-0.15, -0.1) is 0 Å². The Morgan fingerprint density at radius 3 is 2.50 bits per heavy atom. The van der Waals surface area contributed by atoms with Gasteiger partial charge >= 0.3 is 0 Å². The zero-order valence-electron chi connectivity index (χ0n) is 14.8.